The molecule has 0 unspecified atom stereocenters. The number of rotatable bonds is 3. The highest BCUT2D eigenvalue weighted by atomic mass is 79.9. The van der Waals surface area contributed by atoms with Crippen LogP contribution >= 0.6 is 15.9 Å². The van der Waals surface area contributed by atoms with Crippen molar-refractivity contribution in [2.75, 3.05) is 12.1 Å². The van der Waals surface area contributed by atoms with E-state index in [0.29, 0.717) is 17.1 Å². The molecule has 0 spiro atoms. The molecule has 110 valence electrons. The molecule has 6 heteroatoms. The Morgan fingerprint density at radius 1 is 1.19 bits per heavy atom. The highest BCUT2D eigenvalue weighted by molar-refractivity contribution is 9.10. The number of benzene rings is 2. The topological polar surface area (TPSA) is 30.5 Å². The minimum atomic E-state index is -0.616. The zero-order valence-electron chi connectivity index (χ0n) is 11.2. The van der Waals surface area contributed by atoms with E-state index in [4.69, 9.17) is 9.47 Å². The number of hydrogen-bond donors (Lipinski definition) is 1. The Labute approximate surface area is 129 Å². The lowest BCUT2D eigenvalue weighted by Gasteiger charge is -2.12. The van der Waals surface area contributed by atoms with Crippen LogP contribution in [-0.2, 0) is 6.54 Å². The van der Waals surface area contributed by atoms with Gasteiger partial charge in [-0.1, -0.05) is 22.0 Å². The van der Waals surface area contributed by atoms with Gasteiger partial charge in [-0.2, -0.15) is 0 Å². The van der Waals surface area contributed by atoms with Crippen molar-refractivity contribution < 1.29 is 18.3 Å². The molecule has 21 heavy (non-hydrogen) atoms. The maximum absolute atomic E-state index is 13.9. The third kappa shape index (κ3) is 2.68. The Morgan fingerprint density at radius 2 is 1.90 bits per heavy atom. The van der Waals surface area contributed by atoms with Crippen molar-refractivity contribution in [1.82, 2.24) is 0 Å². The van der Waals surface area contributed by atoms with Crippen LogP contribution in [0.25, 0.3) is 0 Å². The summed E-state index contributed by atoms with van der Waals surface area (Å²) in [6, 6.07) is 6.22. The van der Waals surface area contributed by atoms with Crippen molar-refractivity contribution >= 4 is 21.6 Å². The summed E-state index contributed by atoms with van der Waals surface area (Å²) in [4.78, 5) is 0. The van der Waals surface area contributed by atoms with Crippen molar-refractivity contribution in [2.24, 2.45) is 0 Å². The van der Waals surface area contributed by atoms with Gasteiger partial charge in [0.15, 0.2) is 17.3 Å². The Bertz CT molecular complexity index is 707. The van der Waals surface area contributed by atoms with Gasteiger partial charge in [-0.05, 0) is 36.2 Å². The molecular weight excluding hydrogens is 344 g/mol. The highest BCUT2D eigenvalue weighted by Gasteiger charge is 2.17. The molecule has 1 N–H and O–H groups in total. The van der Waals surface area contributed by atoms with Crippen LogP contribution in [0, 0.1) is 18.6 Å². The first-order chi connectivity index (χ1) is 10.1. The van der Waals surface area contributed by atoms with E-state index >= 15 is 0 Å². The first kappa shape index (κ1) is 14.1. The van der Waals surface area contributed by atoms with Crippen LogP contribution in [-0.4, -0.2) is 6.79 Å². The Kier molecular flexibility index (Phi) is 3.71. The molecule has 0 saturated carbocycles. The predicted molar refractivity (Wildman–Crippen MR) is 78.7 cm³/mol. The molecule has 0 aromatic heterocycles. The molecule has 2 aromatic carbocycles. The monoisotopic (exact) mass is 355 g/mol. The molecule has 2 aromatic rings. The number of ether oxygens (including phenoxy) is 2. The molecule has 0 saturated heterocycles. The average Bonchev–Trinajstić information content (AvgIpc) is 2.90. The van der Waals surface area contributed by atoms with E-state index in [1.54, 1.807) is 19.1 Å². The lowest BCUT2D eigenvalue weighted by atomic mass is 10.1. The number of fused-ring (bicyclic) bond motifs is 1. The fourth-order valence-electron chi connectivity index (χ4n) is 2.10. The summed E-state index contributed by atoms with van der Waals surface area (Å²) >= 11 is 3.41. The molecule has 0 bridgehead atoms. The van der Waals surface area contributed by atoms with Crippen molar-refractivity contribution in [3.63, 3.8) is 0 Å². The van der Waals surface area contributed by atoms with Gasteiger partial charge in [0, 0.05) is 11.0 Å². The average molecular weight is 356 g/mol. The zero-order valence-corrected chi connectivity index (χ0v) is 12.8. The van der Waals surface area contributed by atoms with Gasteiger partial charge in [0.25, 0.3) is 0 Å². The van der Waals surface area contributed by atoms with Crippen LogP contribution in [0.2, 0.25) is 0 Å². The minimum absolute atomic E-state index is 0.125. The molecule has 0 aliphatic carbocycles. The first-order valence-corrected chi connectivity index (χ1v) is 7.12. The SMILES string of the molecule is Cc1ccc(F)c(NCc2cc3c(cc2Br)OCO3)c1F. The first-order valence-electron chi connectivity index (χ1n) is 6.33. The number of hydrogen-bond acceptors (Lipinski definition) is 3. The summed E-state index contributed by atoms with van der Waals surface area (Å²) in [6.07, 6.45) is 0. The molecular formula is C15H12BrF2NO2. The molecule has 3 rings (SSSR count). The summed E-state index contributed by atoms with van der Waals surface area (Å²) in [7, 11) is 0. The summed E-state index contributed by atoms with van der Waals surface area (Å²) in [5.74, 6) is 0.0839. The highest BCUT2D eigenvalue weighted by Crippen LogP contribution is 2.37. The van der Waals surface area contributed by atoms with Gasteiger partial charge in [0.1, 0.15) is 11.5 Å². The molecule has 1 heterocycles. The van der Waals surface area contributed by atoms with Crippen molar-refractivity contribution in [3.8, 4) is 11.5 Å². The number of aryl methyl sites for hydroxylation is 1. The second-order valence-electron chi connectivity index (χ2n) is 4.70. The minimum Gasteiger partial charge on any atom is -0.454 e. The van der Waals surface area contributed by atoms with Gasteiger partial charge in [-0.15, -0.1) is 0 Å². The maximum Gasteiger partial charge on any atom is 0.231 e. The summed E-state index contributed by atoms with van der Waals surface area (Å²) < 4.78 is 39.0. The zero-order chi connectivity index (χ0) is 15.0. The summed E-state index contributed by atoms with van der Waals surface area (Å²) in [5.41, 5.74) is 1.09. The third-order valence-corrected chi connectivity index (χ3v) is 4.02. The van der Waals surface area contributed by atoms with Crippen LogP contribution in [0.15, 0.2) is 28.7 Å². The number of nitrogens with one attached hydrogen (secondary N) is 1. The standard InChI is InChI=1S/C15H12BrF2NO2/c1-8-2-3-11(17)15(14(8)18)19-6-9-4-12-13(5-10(9)16)21-7-20-12/h2-5,19H,6-7H2,1H3. The van der Waals surface area contributed by atoms with E-state index in [1.807, 2.05) is 0 Å². The molecule has 0 fully saturated rings. The second kappa shape index (κ2) is 5.52. The Balaban J connectivity index is 1.84. The summed E-state index contributed by atoms with van der Waals surface area (Å²) in [6.45, 7) is 2.03. The van der Waals surface area contributed by atoms with E-state index in [0.717, 1.165) is 10.0 Å². The van der Waals surface area contributed by atoms with E-state index in [2.05, 4.69) is 21.2 Å². The quantitative estimate of drug-likeness (QED) is 0.886. The molecule has 0 radical (unpaired) electrons. The lowest BCUT2D eigenvalue weighted by Crippen LogP contribution is -2.05. The molecule has 0 amide bonds. The van der Waals surface area contributed by atoms with E-state index in [-0.39, 0.29) is 19.0 Å². The van der Waals surface area contributed by atoms with Gasteiger partial charge in [-0.3, -0.25) is 0 Å². The summed E-state index contributed by atoms with van der Waals surface area (Å²) in [5, 5.41) is 2.79. The smallest absolute Gasteiger partial charge is 0.231 e. The maximum atomic E-state index is 13.9. The Hall–Kier alpha value is -1.82. The molecule has 1 aliphatic heterocycles. The van der Waals surface area contributed by atoms with Crippen molar-refractivity contribution in [2.45, 2.75) is 13.5 Å². The van der Waals surface area contributed by atoms with Crippen LogP contribution in [0.4, 0.5) is 14.5 Å². The fraction of sp³-hybridized carbons (Fsp3) is 0.200. The predicted octanol–water partition coefficient (Wildman–Crippen LogP) is 4.38. The third-order valence-electron chi connectivity index (χ3n) is 3.28. The van der Waals surface area contributed by atoms with Gasteiger partial charge in [0.2, 0.25) is 6.79 Å². The van der Waals surface area contributed by atoms with Gasteiger partial charge in [-0.25, -0.2) is 8.78 Å². The van der Waals surface area contributed by atoms with Crippen LogP contribution in [0.5, 0.6) is 11.5 Å². The van der Waals surface area contributed by atoms with Crippen molar-refractivity contribution in [3.05, 3.63) is 51.5 Å². The van der Waals surface area contributed by atoms with E-state index < -0.39 is 11.6 Å². The van der Waals surface area contributed by atoms with Crippen LogP contribution in [0.3, 0.4) is 0 Å². The van der Waals surface area contributed by atoms with Gasteiger partial charge >= 0.3 is 0 Å². The van der Waals surface area contributed by atoms with Crippen LogP contribution < -0.4 is 14.8 Å². The number of anilines is 1. The van der Waals surface area contributed by atoms with E-state index in [1.165, 1.54) is 12.1 Å². The lowest BCUT2D eigenvalue weighted by molar-refractivity contribution is 0.174. The fourth-order valence-corrected chi connectivity index (χ4v) is 2.56. The Morgan fingerprint density at radius 3 is 2.67 bits per heavy atom. The largest absolute Gasteiger partial charge is 0.454 e. The second-order valence-corrected chi connectivity index (χ2v) is 5.56. The molecule has 1 aliphatic rings. The van der Waals surface area contributed by atoms with Crippen molar-refractivity contribution in [1.29, 1.82) is 0 Å². The number of halogens is 3. The molecule has 0 atom stereocenters. The van der Waals surface area contributed by atoms with Crippen LogP contribution in [0.1, 0.15) is 11.1 Å². The van der Waals surface area contributed by atoms with Gasteiger partial charge < -0.3 is 14.8 Å². The molecule has 3 nitrogen and oxygen atoms in total. The van der Waals surface area contributed by atoms with E-state index in [9.17, 15) is 8.78 Å². The normalized spacial score (nSPS) is 12.6. The van der Waals surface area contributed by atoms with Gasteiger partial charge in [0.05, 0.1) is 0 Å².